The predicted molar refractivity (Wildman–Crippen MR) is 110 cm³/mol. The van der Waals surface area contributed by atoms with Crippen LogP contribution in [-0.4, -0.2) is 41.7 Å². The van der Waals surface area contributed by atoms with E-state index in [-0.39, 0.29) is 12.0 Å². The van der Waals surface area contributed by atoms with Crippen molar-refractivity contribution >= 4 is 11.6 Å². The van der Waals surface area contributed by atoms with E-state index in [9.17, 15) is 9.90 Å². The standard InChI is InChI=1S/C23H28N2O3/c26-22(18-6-8-21-17(16-18)7-9-23(27)24-21)12-15-25-13-10-20(11-14-25)28-19-4-2-1-3-5-19/h1-6,8,16,20,22,26H,7,9-15H2,(H,24,27). The van der Waals surface area contributed by atoms with E-state index in [4.69, 9.17) is 4.74 Å². The smallest absolute Gasteiger partial charge is 0.224 e. The molecule has 2 heterocycles. The van der Waals surface area contributed by atoms with Crippen LogP contribution in [0, 0.1) is 0 Å². The highest BCUT2D eigenvalue weighted by Gasteiger charge is 2.22. The van der Waals surface area contributed by atoms with E-state index in [1.807, 2.05) is 48.5 Å². The van der Waals surface area contributed by atoms with Gasteiger partial charge in [-0.2, -0.15) is 0 Å². The van der Waals surface area contributed by atoms with Crippen molar-refractivity contribution < 1.29 is 14.6 Å². The normalized spacial score (nSPS) is 19.0. The van der Waals surface area contributed by atoms with Crippen LogP contribution in [0.5, 0.6) is 5.75 Å². The Hall–Kier alpha value is -2.37. The van der Waals surface area contributed by atoms with Crippen molar-refractivity contribution in [3.63, 3.8) is 0 Å². The lowest BCUT2D eigenvalue weighted by Crippen LogP contribution is -2.39. The number of rotatable bonds is 6. The molecule has 5 nitrogen and oxygen atoms in total. The summed E-state index contributed by atoms with van der Waals surface area (Å²) in [5, 5.41) is 13.5. The number of nitrogens with zero attached hydrogens (tertiary/aromatic N) is 1. The summed E-state index contributed by atoms with van der Waals surface area (Å²) in [4.78, 5) is 13.9. The van der Waals surface area contributed by atoms with E-state index in [1.54, 1.807) is 0 Å². The fourth-order valence-corrected chi connectivity index (χ4v) is 4.02. The first-order chi connectivity index (χ1) is 13.7. The van der Waals surface area contributed by atoms with Crippen LogP contribution in [0.25, 0.3) is 0 Å². The highest BCUT2D eigenvalue weighted by molar-refractivity contribution is 5.93. The first-order valence-corrected chi connectivity index (χ1v) is 10.2. The first-order valence-electron chi connectivity index (χ1n) is 10.2. The van der Waals surface area contributed by atoms with Crippen molar-refractivity contribution in [1.82, 2.24) is 4.90 Å². The van der Waals surface area contributed by atoms with Crippen LogP contribution in [0.2, 0.25) is 0 Å². The largest absolute Gasteiger partial charge is 0.490 e. The first kappa shape index (κ1) is 19.0. The van der Waals surface area contributed by atoms with Gasteiger partial charge in [0.1, 0.15) is 11.9 Å². The Morgan fingerprint density at radius 1 is 1.11 bits per heavy atom. The summed E-state index contributed by atoms with van der Waals surface area (Å²) in [7, 11) is 0. The van der Waals surface area contributed by atoms with E-state index in [2.05, 4.69) is 10.2 Å². The quantitative estimate of drug-likeness (QED) is 0.805. The number of para-hydroxylation sites is 1. The molecule has 2 N–H and O–H groups in total. The lowest BCUT2D eigenvalue weighted by Gasteiger charge is -2.32. The molecule has 28 heavy (non-hydrogen) atoms. The van der Waals surface area contributed by atoms with Crippen LogP contribution in [0.1, 0.15) is 42.9 Å². The zero-order valence-electron chi connectivity index (χ0n) is 16.1. The molecule has 2 aromatic rings. The Balaban J connectivity index is 1.23. The fraction of sp³-hybridized carbons (Fsp3) is 0.435. The molecule has 1 atom stereocenters. The third-order valence-electron chi connectivity index (χ3n) is 5.71. The van der Waals surface area contributed by atoms with Gasteiger partial charge in [-0.1, -0.05) is 30.3 Å². The highest BCUT2D eigenvalue weighted by atomic mass is 16.5. The van der Waals surface area contributed by atoms with Crippen molar-refractivity contribution in [3.05, 3.63) is 59.7 Å². The summed E-state index contributed by atoms with van der Waals surface area (Å²) < 4.78 is 6.05. The maximum Gasteiger partial charge on any atom is 0.224 e. The van der Waals surface area contributed by atoms with Crippen molar-refractivity contribution in [2.24, 2.45) is 0 Å². The molecule has 2 aromatic carbocycles. The number of nitrogens with one attached hydrogen (secondary N) is 1. The second-order valence-corrected chi connectivity index (χ2v) is 7.74. The number of ether oxygens (including phenoxy) is 1. The molecular formula is C23H28N2O3. The molecule has 1 saturated heterocycles. The van der Waals surface area contributed by atoms with Crippen molar-refractivity contribution in [2.45, 2.75) is 44.3 Å². The maximum atomic E-state index is 11.5. The van der Waals surface area contributed by atoms with Gasteiger partial charge in [0, 0.05) is 31.7 Å². The molecule has 0 aliphatic carbocycles. The molecule has 0 aromatic heterocycles. The Morgan fingerprint density at radius 3 is 2.68 bits per heavy atom. The van der Waals surface area contributed by atoms with Gasteiger partial charge in [0.25, 0.3) is 0 Å². The van der Waals surface area contributed by atoms with Gasteiger partial charge >= 0.3 is 0 Å². The molecule has 0 spiro atoms. The number of aliphatic hydroxyl groups is 1. The van der Waals surface area contributed by atoms with Crippen molar-refractivity contribution in [3.8, 4) is 5.75 Å². The molecule has 148 valence electrons. The second-order valence-electron chi connectivity index (χ2n) is 7.74. The minimum Gasteiger partial charge on any atom is -0.490 e. The number of anilines is 1. The van der Waals surface area contributed by atoms with Crippen LogP contribution in [0.4, 0.5) is 5.69 Å². The Labute approximate surface area is 166 Å². The molecule has 2 aliphatic rings. The summed E-state index contributed by atoms with van der Waals surface area (Å²) in [6.07, 6.45) is 3.83. The molecule has 1 unspecified atom stereocenters. The Bertz CT molecular complexity index is 801. The van der Waals surface area contributed by atoms with Crippen LogP contribution in [0.15, 0.2) is 48.5 Å². The average Bonchev–Trinajstić information content (AvgIpc) is 2.73. The number of benzene rings is 2. The molecule has 0 bridgehead atoms. The molecule has 1 fully saturated rings. The topological polar surface area (TPSA) is 61.8 Å². The number of hydrogen-bond acceptors (Lipinski definition) is 4. The molecule has 4 rings (SSSR count). The summed E-state index contributed by atoms with van der Waals surface area (Å²) in [5.41, 5.74) is 2.94. The van der Waals surface area contributed by atoms with Gasteiger partial charge in [0.15, 0.2) is 0 Å². The van der Waals surface area contributed by atoms with Gasteiger partial charge in [0.2, 0.25) is 5.91 Å². The number of hydrogen-bond donors (Lipinski definition) is 2. The zero-order valence-corrected chi connectivity index (χ0v) is 16.1. The number of aliphatic hydroxyl groups excluding tert-OH is 1. The van der Waals surface area contributed by atoms with Gasteiger partial charge in [-0.15, -0.1) is 0 Å². The van der Waals surface area contributed by atoms with Gasteiger partial charge in [0.05, 0.1) is 6.10 Å². The number of amides is 1. The molecule has 5 heteroatoms. The number of fused-ring (bicyclic) bond motifs is 1. The number of likely N-dealkylation sites (tertiary alicyclic amines) is 1. The molecule has 2 aliphatic heterocycles. The molecule has 0 saturated carbocycles. The maximum absolute atomic E-state index is 11.5. The molecule has 0 radical (unpaired) electrons. The van der Waals surface area contributed by atoms with Gasteiger partial charge < -0.3 is 20.1 Å². The number of piperidine rings is 1. The van der Waals surface area contributed by atoms with Crippen LogP contribution in [-0.2, 0) is 11.2 Å². The fourth-order valence-electron chi connectivity index (χ4n) is 4.02. The van der Waals surface area contributed by atoms with E-state index < -0.39 is 6.10 Å². The van der Waals surface area contributed by atoms with Crippen molar-refractivity contribution in [1.29, 1.82) is 0 Å². The van der Waals surface area contributed by atoms with Crippen LogP contribution < -0.4 is 10.1 Å². The second kappa shape index (κ2) is 8.76. The van der Waals surface area contributed by atoms with Gasteiger partial charge in [-0.05, 0) is 55.0 Å². The number of carbonyl (C=O) groups is 1. The predicted octanol–water partition coefficient (Wildman–Crippen LogP) is 3.54. The number of carbonyl (C=O) groups excluding carboxylic acids is 1. The zero-order chi connectivity index (χ0) is 19.3. The van der Waals surface area contributed by atoms with Gasteiger partial charge in [-0.25, -0.2) is 0 Å². The van der Waals surface area contributed by atoms with E-state index in [1.165, 1.54) is 0 Å². The van der Waals surface area contributed by atoms with Crippen LogP contribution in [0.3, 0.4) is 0 Å². The van der Waals surface area contributed by atoms with E-state index in [0.717, 1.165) is 67.9 Å². The van der Waals surface area contributed by atoms with Crippen molar-refractivity contribution in [2.75, 3.05) is 25.0 Å². The molecule has 1 amide bonds. The summed E-state index contributed by atoms with van der Waals surface area (Å²) in [6, 6.07) is 15.9. The Morgan fingerprint density at radius 2 is 1.89 bits per heavy atom. The SMILES string of the molecule is O=C1CCc2cc(C(O)CCN3CCC(Oc4ccccc4)CC3)ccc2N1. The minimum absolute atomic E-state index is 0.0699. The summed E-state index contributed by atoms with van der Waals surface area (Å²) in [6.45, 7) is 2.88. The third kappa shape index (κ3) is 4.72. The molecular weight excluding hydrogens is 352 g/mol. The third-order valence-corrected chi connectivity index (χ3v) is 5.71. The van der Waals surface area contributed by atoms with Crippen LogP contribution >= 0.6 is 0 Å². The lowest BCUT2D eigenvalue weighted by molar-refractivity contribution is -0.116. The van der Waals surface area contributed by atoms with E-state index in [0.29, 0.717) is 6.42 Å². The highest BCUT2D eigenvalue weighted by Crippen LogP contribution is 2.28. The minimum atomic E-state index is -0.471. The summed E-state index contributed by atoms with van der Waals surface area (Å²) >= 11 is 0. The number of aryl methyl sites for hydroxylation is 1. The Kier molecular flexibility index (Phi) is 5.93. The summed E-state index contributed by atoms with van der Waals surface area (Å²) in [5.74, 6) is 1.01. The average molecular weight is 380 g/mol. The monoisotopic (exact) mass is 380 g/mol. The lowest BCUT2D eigenvalue weighted by atomic mass is 9.97. The van der Waals surface area contributed by atoms with E-state index >= 15 is 0 Å². The van der Waals surface area contributed by atoms with Gasteiger partial charge in [-0.3, -0.25) is 4.79 Å².